The second-order valence-electron chi connectivity index (χ2n) is 6.70. The zero-order valence-electron chi connectivity index (χ0n) is 12.2. The average molecular weight is 295 g/mol. The fraction of sp³-hybridized carbons (Fsp3) is 1.00. The molecule has 0 aromatic carbocycles. The molecule has 1 saturated heterocycles. The summed E-state index contributed by atoms with van der Waals surface area (Å²) in [4.78, 5) is 1.76. The molecule has 2 fully saturated rings. The van der Waals surface area contributed by atoms with Crippen LogP contribution < -0.4 is 0 Å². The smallest absolute Gasteiger partial charge is 0.379 e. The molecular formula is C14H24F3NO2. The third kappa shape index (κ3) is 3.65. The van der Waals surface area contributed by atoms with Crippen molar-refractivity contribution < 1.29 is 23.0 Å². The lowest BCUT2D eigenvalue weighted by atomic mass is 9.91. The molecule has 1 aliphatic carbocycles. The zero-order valence-corrected chi connectivity index (χ0v) is 12.2. The molecule has 0 aromatic heterocycles. The van der Waals surface area contributed by atoms with E-state index in [0.717, 1.165) is 12.8 Å². The zero-order chi connectivity index (χ0) is 15.0. The largest absolute Gasteiger partial charge is 0.418 e. The molecule has 3 nitrogen and oxygen atoms in total. The maximum absolute atomic E-state index is 12.9. The summed E-state index contributed by atoms with van der Waals surface area (Å²) in [6, 6.07) is 0. The monoisotopic (exact) mass is 295 g/mol. The predicted molar refractivity (Wildman–Crippen MR) is 69.4 cm³/mol. The van der Waals surface area contributed by atoms with Gasteiger partial charge < -0.3 is 9.84 Å². The Morgan fingerprint density at radius 1 is 1.25 bits per heavy atom. The standard InChI is InChI=1S/C14H24F3NO2/c1-11(2)20-10-12(5-6-12)8-18-7-3-4-13(19,9-18)14(15,16)17/h11,19H,3-10H2,1-2H3. The van der Waals surface area contributed by atoms with Gasteiger partial charge in [-0.05, 0) is 46.1 Å². The number of piperidine rings is 1. The Labute approximate surface area is 118 Å². The van der Waals surface area contributed by atoms with Crippen LogP contribution in [0, 0.1) is 5.41 Å². The molecule has 0 bridgehead atoms. The van der Waals surface area contributed by atoms with E-state index in [0.29, 0.717) is 26.1 Å². The maximum Gasteiger partial charge on any atom is 0.418 e. The highest BCUT2D eigenvalue weighted by molar-refractivity contribution is 4.99. The van der Waals surface area contributed by atoms with Gasteiger partial charge in [0.15, 0.2) is 5.60 Å². The van der Waals surface area contributed by atoms with Crippen molar-refractivity contribution in [2.24, 2.45) is 5.41 Å². The highest BCUT2D eigenvalue weighted by Crippen LogP contribution is 2.48. The molecule has 6 heteroatoms. The molecular weight excluding hydrogens is 271 g/mol. The normalized spacial score (nSPS) is 30.8. The number of nitrogens with zero attached hydrogens (tertiary/aromatic N) is 1. The van der Waals surface area contributed by atoms with E-state index < -0.39 is 11.8 Å². The summed E-state index contributed by atoms with van der Waals surface area (Å²) in [5.41, 5.74) is -2.53. The number of rotatable bonds is 5. The molecule has 2 rings (SSSR count). The Balaban J connectivity index is 1.90. The van der Waals surface area contributed by atoms with Crippen LogP contribution in [0.1, 0.15) is 39.5 Å². The van der Waals surface area contributed by atoms with Crippen LogP contribution in [0.2, 0.25) is 0 Å². The second kappa shape index (κ2) is 5.46. The Hall–Kier alpha value is -0.330. The first-order chi connectivity index (χ1) is 9.16. The van der Waals surface area contributed by atoms with Gasteiger partial charge in [0.05, 0.1) is 12.7 Å². The first kappa shape index (κ1) is 16.0. The van der Waals surface area contributed by atoms with Gasteiger partial charge in [0.2, 0.25) is 0 Å². The number of halogens is 3. The lowest BCUT2D eigenvalue weighted by Gasteiger charge is -2.41. The van der Waals surface area contributed by atoms with Crippen molar-refractivity contribution in [3.8, 4) is 0 Å². The van der Waals surface area contributed by atoms with Gasteiger partial charge in [-0.1, -0.05) is 0 Å². The number of β-amino-alcohol motifs (C(OH)–C–C–N with tert-alkyl or cyclic N) is 1. The van der Waals surface area contributed by atoms with E-state index in [1.54, 1.807) is 4.90 Å². The number of hydrogen-bond acceptors (Lipinski definition) is 3. The van der Waals surface area contributed by atoms with Crippen LogP contribution in [-0.4, -0.2) is 54.1 Å². The molecule has 1 aliphatic heterocycles. The highest BCUT2D eigenvalue weighted by atomic mass is 19.4. The summed E-state index contributed by atoms with van der Waals surface area (Å²) in [6.07, 6.45) is -2.21. The highest BCUT2D eigenvalue weighted by Gasteiger charge is 2.56. The Morgan fingerprint density at radius 2 is 1.90 bits per heavy atom. The van der Waals surface area contributed by atoms with Gasteiger partial charge in [-0.3, -0.25) is 4.90 Å². The Kier molecular flexibility index (Phi) is 4.38. The van der Waals surface area contributed by atoms with E-state index >= 15 is 0 Å². The topological polar surface area (TPSA) is 32.7 Å². The van der Waals surface area contributed by atoms with Gasteiger partial charge in [0.25, 0.3) is 0 Å². The van der Waals surface area contributed by atoms with Crippen LogP contribution in [0.25, 0.3) is 0 Å². The first-order valence-corrected chi connectivity index (χ1v) is 7.29. The van der Waals surface area contributed by atoms with Crippen LogP contribution in [0.15, 0.2) is 0 Å². The summed E-state index contributed by atoms with van der Waals surface area (Å²) in [5, 5.41) is 9.82. The van der Waals surface area contributed by atoms with Gasteiger partial charge in [-0.2, -0.15) is 13.2 Å². The fourth-order valence-corrected chi connectivity index (χ4v) is 2.83. The molecule has 20 heavy (non-hydrogen) atoms. The number of alkyl halides is 3. The van der Waals surface area contributed by atoms with Crippen molar-refractivity contribution in [3.63, 3.8) is 0 Å². The van der Waals surface area contributed by atoms with E-state index in [2.05, 4.69) is 0 Å². The fourth-order valence-electron chi connectivity index (χ4n) is 2.83. The van der Waals surface area contributed by atoms with Crippen LogP contribution in [0.4, 0.5) is 13.2 Å². The summed E-state index contributed by atoms with van der Waals surface area (Å²) in [5.74, 6) is 0. The molecule has 2 aliphatic rings. The van der Waals surface area contributed by atoms with Crippen molar-refractivity contribution in [2.45, 2.75) is 57.4 Å². The van der Waals surface area contributed by atoms with Crippen molar-refractivity contribution in [1.82, 2.24) is 4.90 Å². The minimum Gasteiger partial charge on any atom is -0.379 e. The van der Waals surface area contributed by atoms with Crippen LogP contribution in [0.3, 0.4) is 0 Å². The van der Waals surface area contributed by atoms with Gasteiger partial charge in [-0.15, -0.1) is 0 Å². The van der Waals surface area contributed by atoms with E-state index in [9.17, 15) is 18.3 Å². The molecule has 1 atom stereocenters. The first-order valence-electron chi connectivity index (χ1n) is 7.29. The van der Waals surface area contributed by atoms with E-state index in [1.165, 1.54) is 0 Å². The average Bonchev–Trinajstić information content (AvgIpc) is 3.06. The van der Waals surface area contributed by atoms with Crippen LogP contribution in [-0.2, 0) is 4.74 Å². The molecule has 1 N–H and O–H groups in total. The number of ether oxygens (including phenoxy) is 1. The predicted octanol–water partition coefficient (Wildman–Crippen LogP) is 2.58. The van der Waals surface area contributed by atoms with Gasteiger partial charge >= 0.3 is 6.18 Å². The van der Waals surface area contributed by atoms with Crippen molar-refractivity contribution in [1.29, 1.82) is 0 Å². The number of likely N-dealkylation sites (tertiary alicyclic amines) is 1. The molecule has 0 radical (unpaired) electrons. The minimum absolute atomic E-state index is 0.00805. The van der Waals surface area contributed by atoms with Crippen LogP contribution in [0.5, 0.6) is 0 Å². The van der Waals surface area contributed by atoms with E-state index in [4.69, 9.17) is 4.74 Å². The van der Waals surface area contributed by atoms with Gasteiger partial charge in [-0.25, -0.2) is 0 Å². The third-order valence-corrected chi connectivity index (χ3v) is 4.32. The maximum atomic E-state index is 12.9. The summed E-state index contributed by atoms with van der Waals surface area (Å²) < 4.78 is 44.3. The van der Waals surface area contributed by atoms with Crippen molar-refractivity contribution >= 4 is 0 Å². The summed E-state index contributed by atoms with van der Waals surface area (Å²) >= 11 is 0. The van der Waals surface area contributed by atoms with Crippen LogP contribution >= 0.6 is 0 Å². The quantitative estimate of drug-likeness (QED) is 0.846. The minimum atomic E-state index is -4.54. The van der Waals surface area contributed by atoms with Crippen molar-refractivity contribution in [3.05, 3.63) is 0 Å². The van der Waals surface area contributed by atoms with Crippen molar-refractivity contribution in [2.75, 3.05) is 26.2 Å². The molecule has 1 saturated carbocycles. The molecule has 1 unspecified atom stereocenters. The molecule has 1 heterocycles. The molecule has 0 amide bonds. The number of aliphatic hydroxyl groups is 1. The Morgan fingerprint density at radius 3 is 2.40 bits per heavy atom. The van der Waals surface area contributed by atoms with E-state index in [1.807, 2.05) is 13.8 Å². The third-order valence-electron chi connectivity index (χ3n) is 4.32. The SMILES string of the molecule is CC(C)OCC1(CN2CCCC(O)(C(F)(F)F)C2)CC1. The summed E-state index contributed by atoms with van der Waals surface area (Å²) in [6.45, 7) is 5.43. The van der Waals surface area contributed by atoms with Gasteiger partial charge in [0, 0.05) is 18.5 Å². The molecule has 0 aromatic rings. The lowest BCUT2D eigenvalue weighted by molar-refractivity contribution is -0.274. The van der Waals surface area contributed by atoms with E-state index in [-0.39, 0.29) is 24.5 Å². The van der Waals surface area contributed by atoms with Gasteiger partial charge in [0.1, 0.15) is 0 Å². The molecule has 118 valence electrons. The second-order valence-corrected chi connectivity index (χ2v) is 6.70. The number of hydrogen-bond donors (Lipinski definition) is 1. The Bertz CT molecular complexity index is 342. The lowest BCUT2D eigenvalue weighted by Crippen LogP contribution is -2.57. The molecule has 0 spiro atoms. The summed E-state index contributed by atoms with van der Waals surface area (Å²) in [7, 11) is 0.